The molecular weight excluding hydrogens is 206 g/mol. The molecule has 0 heterocycles. The van der Waals surface area contributed by atoms with E-state index in [0.717, 1.165) is 6.07 Å². The largest absolute Gasteiger partial charge is 0.398 e. The monoisotopic (exact) mass is 215 g/mol. The molecule has 0 radical (unpaired) electrons. The second-order valence-electron chi connectivity index (χ2n) is 2.66. The van der Waals surface area contributed by atoms with Gasteiger partial charge in [-0.25, -0.2) is 13.6 Å². The average Bonchev–Trinajstić information content (AvgIpc) is 2.01. The van der Waals surface area contributed by atoms with E-state index in [1.807, 2.05) is 0 Å². The van der Waals surface area contributed by atoms with Crippen molar-refractivity contribution in [2.24, 2.45) is 10.9 Å². The molecule has 7 heteroatoms. The lowest BCUT2D eigenvalue weighted by Gasteiger charge is -2.03. The highest BCUT2D eigenvalue weighted by atomic mass is 32.2. The van der Waals surface area contributed by atoms with Gasteiger partial charge in [-0.05, 0) is 18.2 Å². The molecule has 76 valence electrons. The standard InChI is InChI=1S/C7H9N3O3S/c8-6-3-4(14(10,12)13)1-2-5(6)7(9)11/h1-3H,8H2,(H2,9,11)(H2,10,12,13). The van der Waals surface area contributed by atoms with Crippen molar-refractivity contribution in [3.63, 3.8) is 0 Å². The molecule has 1 aromatic carbocycles. The number of hydrogen-bond donors (Lipinski definition) is 3. The molecule has 14 heavy (non-hydrogen) atoms. The van der Waals surface area contributed by atoms with Crippen molar-refractivity contribution < 1.29 is 13.2 Å². The average molecular weight is 215 g/mol. The molecule has 1 rings (SSSR count). The molecule has 0 unspecified atom stereocenters. The summed E-state index contributed by atoms with van der Waals surface area (Å²) in [6.07, 6.45) is 0. The molecule has 0 aromatic heterocycles. The minimum Gasteiger partial charge on any atom is -0.398 e. The Morgan fingerprint density at radius 1 is 1.29 bits per heavy atom. The Morgan fingerprint density at radius 3 is 2.21 bits per heavy atom. The van der Waals surface area contributed by atoms with E-state index in [-0.39, 0.29) is 16.1 Å². The number of carbonyl (C=O) groups is 1. The Balaban J connectivity index is 3.34. The van der Waals surface area contributed by atoms with Crippen molar-refractivity contribution in [3.8, 4) is 0 Å². The van der Waals surface area contributed by atoms with E-state index in [9.17, 15) is 13.2 Å². The van der Waals surface area contributed by atoms with E-state index >= 15 is 0 Å². The number of nitrogens with two attached hydrogens (primary N) is 3. The lowest BCUT2D eigenvalue weighted by molar-refractivity contribution is 0.100. The minimum atomic E-state index is -3.80. The predicted octanol–water partition coefficient (Wildman–Crippen LogP) is -0.985. The normalized spacial score (nSPS) is 11.2. The van der Waals surface area contributed by atoms with Crippen molar-refractivity contribution in [2.45, 2.75) is 4.90 Å². The van der Waals surface area contributed by atoms with E-state index in [4.69, 9.17) is 16.6 Å². The lowest BCUT2D eigenvalue weighted by atomic mass is 10.2. The Labute approximate surface area is 80.7 Å². The van der Waals surface area contributed by atoms with Crippen LogP contribution in [0.1, 0.15) is 10.4 Å². The number of nitrogen functional groups attached to an aromatic ring is 1. The number of benzene rings is 1. The number of primary amides is 1. The van der Waals surface area contributed by atoms with Crippen LogP contribution in [0, 0.1) is 0 Å². The number of anilines is 1. The van der Waals surface area contributed by atoms with E-state index in [1.165, 1.54) is 12.1 Å². The van der Waals surface area contributed by atoms with Gasteiger partial charge in [0.2, 0.25) is 10.0 Å². The van der Waals surface area contributed by atoms with Gasteiger partial charge in [0.25, 0.3) is 5.91 Å². The molecule has 0 bridgehead atoms. The SMILES string of the molecule is NC(=O)c1ccc(S(N)(=O)=O)cc1N. The maximum atomic E-state index is 10.9. The van der Waals surface area contributed by atoms with Gasteiger partial charge in [-0.2, -0.15) is 0 Å². The van der Waals surface area contributed by atoms with Gasteiger partial charge in [-0.3, -0.25) is 4.79 Å². The summed E-state index contributed by atoms with van der Waals surface area (Å²) in [5.41, 5.74) is 10.4. The summed E-state index contributed by atoms with van der Waals surface area (Å²) in [4.78, 5) is 10.6. The number of amides is 1. The van der Waals surface area contributed by atoms with Crippen LogP contribution >= 0.6 is 0 Å². The van der Waals surface area contributed by atoms with Crippen LogP contribution in [-0.4, -0.2) is 14.3 Å². The Bertz CT molecular complexity index is 481. The van der Waals surface area contributed by atoms with E-state index < -0.39 is 15.9 Å². The fourth-order valence-corrected chi connectivity index (χ4v) is 1.49. The maximum absolute atomic E-state index is 10.9. The second-order valence-corrected chi connectivity index (χ2v) is 4.22. The van der Waals surface area contributed by atoms with Gasteiger partial charge >= 0.3 is 0 Å². The predicted molar refractivity (Wildman–Crippen MR) is 50.7 cm³/mol. The van der Waals surface area contributed by atoms with E-state index in [1.54, 1.807) is 0 Å². The second kappa shape index (κ2) is 3.28. The van der Waals surface area contributed by atoms with Crippen molar-refractivity contribution in [3.05, 3.63) is 23.8 Å². The first-order chi connectivity index (χ1) is 6.32. The number of primary sulfonamides is 1. The summed E-state index contributed by atoms with van der Waals surface area (Å²) in [7, 11) is -3.80. The quantitative estimate of drug-likeness (QED) is 0.547. The third-order valence-electron chi connectivity index (χ3n) is 1.62. The Hall–Kier alpha value is -1.60. The summed E-state index contributed by atoms with van der Waals surface area (Å²) in [5.74, 6) is -0.719. The summed E-state index contributed by atoms with van der Waals surface area (Å²) in [5, 5.41) is 4.85. The van der Waals surface area contributed by atoms with Crippen LogP contribution < -0.4 is 16.6 Å². The molecule has 0 fully saturated rings. The smallest absolute Gasteiger partial charge is 0.250 e. The molecule has 1 amide bonds. The zero-order chi connectivity index (χ0) is 10.9. The topological polar surface area (TPSA) is 129 Å². The van der Waals surface area contributed by atoms with Crippen molar-refractivity contribution in [1.29, 1.82) is 0 Å². The van der Waals surface area contributed by atoms with Gasteiger partial charge in [0, 0.05) is 5.69 Å². The van der Waals surface area contributed by atoms with E-state index in [0.29, 0.717) is 0 Å². The number of hydrogen-bond acceptors (Lipinski definition) is 4. The van der Waals surface area contributed by atoms with Gasteiger partial charge in [0.05, 0.1) is 10.5 Å². The van der Waals surface area contributed by atoms with Crippen molar-refractivity contribution >= 4 is 21.6 Å². The summed E-state index contributed by atoms with van der Waals surface area (Å²) < 4.78 is 21.7. The van der Waals surface area contributed by atoms with Crippen LogP contribution in [-0.2, 0) is 10.0 Å². The highest BCUT2D eigenvalue weighted by Crippen LogP contribution is 2.16. The van der Waals surface area contributed by atoms with Gasteiger partial charge in [-0.1, -0.05) is 0 Å². The molecule has 0 aliphatic rings. The highest BCUT2D eigenvalue weighted by molar-refractivity contribution is 7.89. The van der Waals surface area contributed by atoms with Gasteiger partial charge in [-0.15, -0.1) is 0 Å². The van der Waals surface area contributed by atoms with Gasteiger partial charge in [0.1, 0.15) is 0 Å². The molecule has 0 spiro atoms. The van der Waals surface area contributed by atoms with Gasteiger partial charge in [0.15, 0.2) is 0 Å². The third-order valence-corrected chi connectivity index (χ3v) is 2.53. The van der Waals surface area contributed by atoms with Crippen LogP contribution in [0.5, 0.6) is 0 Å². The molecule has 0 aliphatic carbocycles. The number of rotatable bonds is 2. The number of carbonyl (C=O) groups excluding carboxylic acids is 1. The number of sulfonamides is 1. The first-order valence-corrected chi connectivity index (χ1v) is 5.09. The zero-order valence-corrected chi connectivity index (χ0v) is 7.91. The maximum Gasteiger partial charge on any atom is 0.250 e. The lowest BCUT2D eigenvalue weighted by Crippen LogP contribution is -2.16. The molecule has 0 aliphatic heterocycles. The van der Waals surface area contributed by atoms with Crippen LogP contribution in [0.15, 0.2) is 23.1 Å². The first kappa shape index (κ1) is 10.5. The van der Waals surface area contributed by atoms with Crippen molar-refractivity contribution in [1.82, 2.24) is 0 Å². The fraction of sp³-hybridized carbons (Fsp3) is 0. The molecular formula is C7H9N3O3S. The highest BCUT2D eigenvalue weighted by Gasteiger charge is 2.11. The molecule has 6 N–H and O–H groups in total. The van der Waals surface area contributed by atoms with Gasteiger partial charge < -0.3 is 11.5 Å². The molecule has 1 aromatic rings. The van der Waals surface area contributed by atoms with Crippen LogP contribution in [0.4, 0.5) is 5.69 Å². The molecule has 0 saturated heterocycles. The Kier molecular flexibility index (Phi) is 2.45. The fourth-order valence-electron chi connectivity index (χ4n) is 0.942. The summed E-state index contributed by atoms with van der Waals surface area (Å²) in [6.45, 7) is 0. The van der Waals surface area contributed by atoms with Crippen LogP contribution in [0.25, 0.3) is 0 Å². The minimum absolute atomic E-state index is 0.0102. The van der Waals surface area contributed by atoms with Crippen molar-refractivity contribution in [2.75, 3.05) is 5.73 Å². The summed E-state index contributed by atoms with van der Waals surface area (Å²) in [6, 6.07) is 3.48. The van der Waals surface area contributed by atoms with Crippen LogP contribution in [0.2, 0.25) is 0 Å². The van der Waals surface area contributed by atoms with Crippen LogP contribution in [0.3, 0.4) is 0 Å². The zero-order valence-electron chi connectivity index (χ0n) is 7.10. The summed E-state index contributed by atoms with van der Waals surface area (Å²) >= 11 is 0. The Morgan fingerprint density at radius 2 is 1.86 bits per heavy atom. The molecule has 0 saturated carbocycles. The molecule has 6 nitrogen and oxygen atoms in total. The molecule has 0 atom stereocenters. The first-order valence-electron chi connectivity index (χ1n) is 3.54. The van der Waals surface area contributed by atoms with E-state index in [2.05, 4.69) is 0 Å². The third kappa shape index (κ3) is 2.01.